The van der Waals surface area contributed by atoms with Crippen molar-refractivity contribution in [3.8, 4) is 11.3 Å². The van der Waals surface area contributed by atoms with E-state index in [0.717, 1.165) is 29.7 Å². The molecular formula is C27H31N3O4S. The Morgan fingerprint density at radius 1 is 0.971 bits per heavy atom. The number of carbonyl (C=O) groups excluding carboxylic acids is 2. The highest BCUT2D eigenvalue weighted by atomic mass is 32.1. The second-order valence-electron chi connectivity index (χ2n) is 8.76. The maximum absolute atomic E-state index is 12.6. The number of carboxylic acid groups (broad SMARTS) is 1. The molecule has 2 aromatic carbocycles. The highest BCUT2D eigenvalue weighted by Crippen LogP contribution is 2.24. The van der Waals surface area contributed by atoms with Crippen LogP contribution < -0.4 is 10.6 Å². The number of rotatable bonds is 11. The molecule has 0 bridgehead atoms. The van der Waals surface area contributed by atoms with E-state index in [2.05, 4.69) is 22.5 Å². The number of nitrogens with zero attached hydrogens (tertiary/aromatic N) is 1. The lowest BCUT2D eigenvalue weighted by molar-refractivity contribution is -0.140. The quantitative estimate of drug-likeness (QED) is 0.300. The Morgan fingerprint density at radius 2 is 1.66 bits per heavy atom. The first-order valence-corrected chi connectivity index (χ1v) is 12.7. The highest BCUT2D eigenvalue weighted by molar-refractivity contribution is 7.12. The van der Waals surface area contributed by atoms with Gasteiger partial charge < -0.3 is 15.7 Å². The molecule has 3 rings (SSSR count). The Balaban J connectivity index is 1.60. The molecular weight excluding hydrogens is 462 g/mol. The fraction of sp³-hybridized carbons (Fsp3) is 0.333. The molecule has 1 heterocycles. The first-order valence-electron chi connectivity index (χ1n) is 11.8. The van der Waals surface area contributed by atoms with Crippen molar-refractivity contribution in [3.63, 3.8) is 0 Å². The van der Waals surface area contributed by atoms with Crippen molar-refractivity contribution in [2.45, 2.75) is 52.5 Å². The molecule has 0 aliphatic carbocycles. The van der Waals surface area contributed by atoms with Crippen molar-refractivity contribution in [3.05, 3.63) is 70.0 Å². The van der Waals surface area contributed by atoms with Crippen LogP contribution in [0.4, 0.5) is 5.69 Å². The van der Waals surface area contributed by atoms with Gasteiger partial charge in [0.25, 0.3) is 11.8 Å². The van der Waals surface area contributed by atoms with Gasteiger partial charge in [-0.2, -0.15) is 0 Å². The molecule has 2 amide bonds. The van der Waals surface area contributed by atoms with Gasteiger partial charge in [-0.25, -0.2) is 9.78 Å². The summed E-state index contributed by atoms with van der Waals surface area (Å²) in [5.41, 5.74) is 3.88. The highest BCUT2D eigenvalue weighted by Gasteiger charge is 2.25. The Morgan fingerprint density at radius 3 is 2.26 bits per heavy atom. The van der Waals surface area contributed by atoms with Gasteiger partial charge in [0.1, 0.15) is 6.04 Å². The molecule has 184 valence electrons. The molecule has 0 saturated heterocycles. The average molecular weight is 494 g/mol. The van der Waals surface area contributed by atoms with Gasteiger partial charge in [-0.15, -0.1) is 11.3 Å². The number of unbranched alkanes of at least 4 members (excludes halogenated alkanes) is 2. The number of aromatic nitrogens is 1. The number of hydrogen-bond donors (Lipinski definition) is 3. The van der Waals surface area contributed by atoms with Crippen molar-refractivity contribution in [2.24, 2.45) is 5.92 Å². The molecule has 7 nitrogen and oxygen atoms in total. The van der Waals surface area contributed by atoms with Gasteiger partial charge in [-0.05, 0) is 48.6 Å². The summed E-state index contributed by atoms with van der Waals surface area (Å²) in [4.78, 5) is 40.7. The Bertz CT molecular complexity index is 1150. The number of benzene rings is 2. The summed E-state index contributed by atoms with van der Waals surface area (Å²) in [7, 11) is 0. The molecule has 35 heavy (non-hydrogen) atoms. The van der Waals surface area contributed by atoms with Gasteiger partial charge in [0, 0.05) is 22.2 Å². The molecule has 0 spiro atoms. The molecule has 0 saturated carbocycles. The maximum Gasteiger partial charge on any atom is 0.326 e. The Hall–Kier alpha value is -3.52. The van der Waals surface area contributed by atoms with Crippen LogP contribution in [0.15, 0.2) is 53.9 Å². The van der Waals surface area contributed by atoms with E-state index in [9.17, 15) is 19.5 Å². The molecule has 3 N–H and O–H groups in total. The zero-order chi connectivity index (χ0) is 25.4. The van der Waals surface area contributed by atoms with Crippen molar-refractivity contribution in [2.75, 3.05) is 5.32 Å². The Kier molecular flexibility index (Phi) is 9.14. The van der Waals surface area contributed by atoms with Crippen LogP contribution in [-0.2, 0) is 11.2 Å². The van der Waals surface area contributed by atoms with Gasteiger partial charge in [0.2, 0.25) is 0 Å². The minimum Gasteiger partial charge on any atom is -0.480 e. The molecule has 1 aromatic heterocycles. The van der Waals surface area contributed by atoms with Crippen LogP contribution in [0, 0.1) is 5.92 Å². The number of carboxylic acids is 1. The number of thiazole rings is 1. The number of nitrogens with one attached hydrogen (secondary N) is 2. The lowest BCUT2D eigenvalue weighted by Crippen LogP contribution is -2.44. The third kappa shape index (κ3) is 7.23. The summed E-state index contributed by atoms with van der Waals surface area (Å²) >= 11 is 1.15. The minimum atomic E-state index is -1.08. The monoisotopic (exact) mass is 493 g/mol. The summed E-state index contributed by atoms with van der Waals surface area (Å²) in [5, 5.41) is 16.6. The predicted molar refractivity (Wildman–Crippen MR) is 139 cm³/mol. The van der Waals surface area contributed by atoms with Crippen LogP contribution in [0.25, 0.3) is 11.3 Å². The van der Waals surface area contributed by atoms with Crippen LogP contribution in [-0.4, -0.2) is 33.9 Å². The molecule has 1 atom stereocenters. The van der Waals surface area contributed by atoms with Crippen molar-refractivity contribution >= 4 is 34.8 Å². The van der Waals surface area contributed by atoms with Gasteiger partial charge in [0.05, 0.1) is 5.69 Å². The SMILES string of the molecule is CCCCCc1ccc(C(=O)Nc2ccc(-c3csc(C(=O)NC(C(=O)O)C(C)C)n3)cc2)cc1. The van der Waals surface area contributed by atoms with E-state index in [1.165, 1.54) is 18.4 Å². The minimum absolute atomic E-state index is 0.177. The topological polar surface area (TPSA) is 108 Å². The van der Waals surface area contributed by atoms with E-state index < -0.39 is 17.9 Å². The molecule has 3 aromatic rings. The first-order chi connectivity index (χ1) is 16.8. The maximum atomic E-state index is 12.6. The fourth-order valence-electron chi connectivity index (χ4n) is 3.56. The number of hydrogen-bond acceptors (Lipinski definition) is 5. The number of anilines is 1. The molecule has 1 unspecified atom stereocenters. The van der Waals surface area contributed by atoms with Crippen LogP contribution in [0.3, 0.4) is 0 Å². The standard InChI is InChI=1S/C27H31N3O4S/c1-4-5-6-7-18-8-10-20(11-9-18)24(31)28-21-14-12-19(13-15-21)22-16-35-26(29-22)25(32)30-23(17(2)3)27(33)34/h8-17,23H,4-7H2,1-3H3,(H,28,31)(H,30,32)(H,33,34). The first kappa shape index (κ1) is 26.1. The number of carbonyl (C=O) groups is 3. The summed E-state index contributed by atoms with van der Waals surface area (Å²) in [6.07, 6.45) is 4.57. The van der Waals surface area contributed by atoms with Crippen LogP contribution in [0.5, 0.6) is 0 Å². The van der Waals surface area contributed by atoms with Gasteiger partial charge in [-0.1, -0.05) is 57.9 Å². The lowest BCUT2D eigenvalue weighted by Gasteiger charge is -2.16. The smallest absolute Gasteiger partial charge is 0.326 e. The molecule has 0 fully saturated rings. The predicted octanol–water partition coefficient (Wildman–Crippen LogP) is 5.63. The Labute approximate surface area is 209 Å². The van der Waals surface area contributed by atoms with E-state index in [1.807, 2.05) is 36.4 Å². The van der Waals surface area contributed by atoms with E-state index in [-0.39, 0.29) is 16.8 Å². The van der Waals surface area contributed by atoms with E-state index in [4.69, 9.17) is 0 Å². The van der Waals surface area contributed by atoms with Gasteiger partial charge in [-0.3, -0.25) is 9.59 Å². The molecule has 8 heteroatoms. The number of amides is 2. The second kappa shape index (κ2) is 12.3. The normalized spacial score (nSPS) is 11.8. The number of aryl methyl sites for hydroxylation is 1. The van der Waals surface area contributed by atoms with Crippen LogP contribution in [0.2, 0.25) is 0 Å². The largest absolute Gasteiger partial charge is 0.480 e. The van der Waals surface area contributed by atoms with Crippen molar-refractivity contribution in [1.82, 2.24) is 10.3 Å². The average Bonchev–Trinajstić information content (AvgIpc) is 3.33. The zero-order valence-electron chi connectivity index (χ0n) is 20.2. The summed E-state index contributed by atoms with van der Waals surface area (Å²) in [5.74, 6) is -2.01. The second-order valence-corrected chi connectivity index (χ2v) is 9.61. The van der Waals surface area contributed by atoms with Crippen molar-refractivity contribution in [1.29, 1.82) is 0 Å². The molecule has 0 aliphatic rings. The van der Waals surface area contributed by atoms with Crippen molar-refractivity contribution < 1.29 is 19.5 Å². The lowest BCUT2D eigenvalue weighted by atomic mass is 10.0. The van der Waals surface area contributed by atoms with E-state index >= 15 is 0 Å². The van der Waals surface area contributed by atoms with Gasteiger partial charge >= 0.3 is 5.97 Å². The molecule has 0 aliphatic heterocycles. The number of aliphatic carboxylic acids is 1. The summed E-state index contributed by atoms with van der Waals surface area (Å²) < 4.78 is 0. The third-order valence-corrected chi connectivity index (χ3v) is 6.48. The van der Waals surface area contributed by atoms with Crippen LogP contribution in [0.1, 0.15) is 65.8 Å². The summed E-state index contributed by atoms with van der Waals surface area (Å²) in [6, 6.07) is 13.9. The fourth-order valence-corrected chi connectivity index (χ4v) is 4.29. The van der Waals surface area contributed by atoms with Crippen LogP contribution >= 0.6 is 11.3 Å². The third-order valence-electron chi connectivity index (χ3n) is 5.64. The van der Waals surface area contributed by atoms with Gasteiger partial charge in [0.15, 0.2) is 5.01 Å². The van der Waals surface area contributed by atoms with E-state index in [1.54, 1.807) is 31.4 Å². The zero-order valence-corrected chi connectivity index (χ0v) is 21.0. The van der Waals surface area contributed by atoms with E-state index in [0.29, 0.717) is 16.9 Å². The molecule has 0 radical (unpaired) electrons. The summed E-state index contributed by atoms with van der Waals surface area (Å²) in [6.45, 7) is 5.64.